The maximum absolute atomic E-state index is 13.7. The highest BCUT2D eigenvalue weighted by atomic mass is 19.4. The van der Waals surface area contributed by atoms with E-state index in [4.69, 9.17) is 9.72 Å². The monoisotopic (exact) mass is 600 g/mol. The number of anilines is 1. The number of piperidine rings is 1. The Bertz CT molecular complexity index is 1700. The summed E-state index contributed by atoms with van der Waals surface area (Å²) in [7, 11) is 1.52. The molecule has 1 aliphatic heterocycles. The maximum Gasteiger partial charge on any atom is 0.416 e. The number of aromatic nitrogens is 4. The quantitative estimate of drug-likeness (QED) is 0.427. The number of benzene rings is 1. The van der Waals surface area contributed by atoms with Gasteiger partial charge in [0.1, 0.15) is 5.60 Å². The third-order valence-corrected chi connectivity index (χ3v) is 6.89. The van der Waals surface area contributed by atoms with Crippen molar-refractivity contribution in [1.29, 1.82) is 0 Å². The Morgan fingerprint density at radius 2 is 1.86 bits per heavy atom. The van der Waals surface area contributed by atoms with Crippen LogP contribution in [0.2, 0.25) is 0 Å². The standard InChI is InChI=1S/C30H35F3N6O4/c1-6-7-17-38-23-24(35-26(38)37-16-9-11-22(19-37)34-27(41)43-29(2,3)4)36(5)28(42)39(25(23)40)18-8-10-20-12-14-21(15-13-20)30(31,32)33/h8,10,12-15,22H,9,11,16-19H2,1-5H3,(H,34,41)/t22-/m1/s1. The van der Waals surface area contributed by atoms with Crippen LogP contribution in [-0.2, 0) is 31.1 Å². The number of rotatable bonds is 6. The van der Waals surface area contributed by atoms with Gasteiger partial charge in [0.25, 0.3) is 5.56 Å². The van der Waals surface area contributed by atoms with E-state index in [9.17, 15) is 27.6 Å². The molecule has 0 saturated carbocycles. The third kappa shape index (κ3) is 7.31. The van der Waals surface area contributed by atoms with Gasteiger partial charge in [-0.15, -0.1) is 5.92 Å². The summed E-state index contributed by atoms with van der Waals surface area (Å²) in [5, 5.41) is 2.91. The second-order valence-corrected chi connectivity index (χ2v) is 11.3. The molecule has 43 heavy (non-hydrogen) atoms. The van der Waals surface area contributed by atoms with Crippen LogP contribution in [0.15, 0.2) is 39.9 Å². The number of nitrogens with one attached hydrogen (secondary N) is 1. The maximum atomic E-state index is 13.7. The predicted molar refractivity (Wildman–Crippen MR) is 158 cm³/mol. The first-order valence-corrected chi connectivity index (χ1v) is 13.9. The van der Waals surface area contributed by atoms with Crippen molar-refractivity contribution < 1.29 is 22.7 Å². The summed E-state index contributed by atoms with van der Waals surface area (Å²) in [5.74, 6) is 6.27. The molecule has 0 unspecified atom stereocenters. The molecule has 1 atom stereocenters. The predicted octanol–water partition coefficient (Wildman–Crippen LogP) is 4.15. The molecule has 0 aliphatic carbocycles. The number of amides is 1. The smallest absolute Gasteiger partial charge is 0.416 e. The van der Waals surface area contributed by atoms with Gasteiger partial charge in [-0.2, -0.15) is 18.2 Å². The summed E-state index contributed by atoms with van der Waals surface area (Å²) in [6.07, 6.45) is -0.373. The minimum absolute atomic E-state index is 0.103. The minimum atomic E-state index is -4.44. The molecule has 1 saturated heterocycles. The number of nitrogens with zero attached hydrogens (tertiary/aromatic N) is 5. The first kappa shape index (κ1) is 31.5. The molecule has 0 spiro atoms. The number of carbonyl (C=O) groups is 1. The van der Waals surface area contributed by atoms with E-state index >= 15 is 0 Å². The summed E-state index contributed by atoms with van der Waals surface area (Å²) in [6.45, 7) is 8.13. The molecule has 1 aliphatic rings. The number of alkyl halides is 3. The fraction of sp³-hybridized carbons (Fsp3) is 0.467. The molecule has 1 aromatic carbocycles. The SMILES string of the molecule is CC#CCn1c(N2CCC[C@@H](NC(=O)OC(C)(C)C)C2)nc2c1c(=O)n(CC=Cc1ccc(C(F)(F)F)cc1)c(=O)n2C. The Hall–Kier alpha value is -4.47. The molecule has 230 valence electrons. The Morgan fingerprint density at radius 1 is 1.16 bits per heavy atom. The first-order chi connectivity index (χ1) is 20.2. The van der Waals surface area contributed by atoms with Crippen molar-refractivity contribution in [2.45, 2.75) is 71.4 Å². The molecule has 13 heteroatoms. The van der Waals surface area contributed by atoms with Crippen LogP contribution in [0.4, 0.5) is 23.9 Å². The van der Waals surface area contributed by atoms with Gasteiger partial charge in [0.2, 0.25) is 5.95 Å². The van der Waals surface area contributed by atoms with Crippen LogP contribution in [0.25, 0.3) is 17.2 Å². The van der Waals surface area contributed by atoms with Gasteiger partial charge in [-0.05, 0) is 58.2 Å². The average Bonchev–Trinajstić information content (AvgIpc) is 3.31. The van der Waals surface area contributed by atoms with E-state index in [1.165, 1.54) is 23.7 Å². The Balaban J connectivity index is 1.66. The summed E-state index contributed by atoms with van der Waals surface area (Å²) in [4.78, 5) is 46.0. The molecule has 3 heterocycles. The number of alkyl carbamates (subject to hydrolysis) is 1. The van der Waals surface area contributed by atoms with Crippen molar-refractivity contribution in [3.63, 3.8) is 0 Å². The number of fused-ring (bicyclic) bond motifs is 1. The van der Waals surface area contributed by atoms with Crippen molar-refractivity contribution in [3.8, 4) is 11.8 Å². The molecule has 3 aromatic rings. The molecule has 0 radical (unpaired) electrons. The lowest BCUT2D eigenvalue weighted by Crippen LogP contribution is -2.49. The van der Waals surface area contributed by atoms with Crippen molar-refractivity contribution in [1.82, 2.24) is 24.0 Å². The average molecular weight is 601 g/mol. The molecule has 1 N–H and O–H groups in total. The van der Waals surface area contributed by atoms with Gasteiger partial charge in [0.05, 0.1) is 12.1 Å². The molecule has 10 nitrogen and oxygen atoms in total. The van der Waals surface area contributed by atoms with Crippen molar-refractivity contribution >= 4 is 29.3 Å². The summed E-state index contributed by atoms with van der Waals surface area (Å²) >= 11 is 0. The van der Waals surface area contributed by atoms with Gasteiger partial charge >= 0.3 is 18.0 Å². The zero-order valence-corrected chi connectivity index (χ0v) is 24.8. The van der Waals surface area contributed by atoms with Crippen molar-refractivity contribution in [2.75, 3.05) is 18.0 Å². The van der Waals surface area contributed by atoms with E-state index < -0.39 is 34.7 Å². The van der Waals surface area contributed by atoms with Crippen LogP contribution >= 0.6 is 0 Å². The van der Waals surface area contributed by atoms with Crippen LogP contribution in [0.3, 0.4) is 0 Å². The second kappa shape index (κ2) is 12.4. The highest BCUT2D eigenvalue weighted by Gasteiger charge is 2.30. The van der Waals surface area contributed by atoms with E-state index in [2.05, 4.69) is 17.2 Å². The molecule has 0 bridgehead atoms. The summed E-state index contributed by atoms with van der Waals surface area (Å²) in [6, 6.07) is 4.36. The van der Waals surface area contributed by atoms with E-state index in [1.807, 2.05) is 4.90 Å². The number of allylic oxidation sites excluding steroid dienone is 1. The first-order valence-electron chi connectivity index (χ1n) is 13.9. The molecule has 4 rings (SSSR count). The largest absolute Gasteiger partial charge is 0.444 e. The number of imidazole rings is 1. The molecule has 1 fully saturated rings. The van der Waals surface area contributed by atoms with Crippen LogP contribution in [0.1, 0.15) is 51.7 Å². The Labute approximate surface area is 246 Å². The highest BCUT2D eigenvalue weighted by molar-refractivity contribution is 5.75. The zero-order valence-electron chi connectivity index (χ0n) is 24.8. The van der Waals surface area contributed by atoms with Gasteiger partial charge in [-0.3, -0.25) is 18.5 Å². The number of hydrogen-bond donors (Lipinski definition) is 1. The summed E-state index contributed by atoms with van der Waals surface area (Å²) < 4.78 is 48.0. The highest BCUT2D eigenvalue weighted by Crippen LogP contribution is 2.29. The second-order valence-electron chi connectivity index (χ2n) is 11.3. The van der Waals surface area contributed by atoms with Gasteiger partial charge in [0.15, 0.2) is 11.2 Å². The number of hydrogen-bond acceptors (Lipinski definition) is 6. The van der Waals surface area contributed by atoms with E-state index in [-0.39, 0.29) is 30.3 Å². The van der Waals surface area contributed by atoms with E-state index in [1.54, 1.807) is 44.4 Å². The third-order valence-electron chi connectivity index (χ3n) is 6.89. The van der Waals surface area contributed by atoms with Crippen LogP contribution < -0.4 is 21.5 Å². The van der Waals surface area contributed by atoms with Gasteiger partial charge < -0.3 is 15.0 Å². The van der Waals surface area contributed by atoms with Crippen molar-refractivity contribution in [2.24, 2.45) is 7.05 Å². The van der Waals surface area contributed by atoms with Crippen LogP contribution in [0.5, 0.6) is 0 Å². The summed E-state index contributed by atoms with van der Waals surface area (Å²) in [5.41, 5.74) is -1.66. The van der Waals surface area contributed by atoms with Gasteiger partial charge in [-0.1, -0.05) is 30.2 Å². The van der Waals surface area contributed by atoms with E-state index in [0.717, 1.165) is 29.5 Å². The normalized spacial score (nSPS) is 15.9. The van der Waals surface area contributed by atoms with Crippen LogP contribution in [-0.4, -0.2) is 49.5 Å². The fourth-order valence-corrected chi connectivity index (χ4v) is 4.90. The Morgan fingerprint density at radius 3 is 2.49 bits per heavy atom. The Kier molecular flexibility index (Phi) is 9.08. The molecule has 2 aromatic heterocycles. The minimum Gasteiger partial charge on any atom is -0.444 e. The lowest BCUT2D eigenvalue weighted by Gasteiger charge is -2.34. The lowest BCUT2D eigenvalue weighted by molar-refractivity contribution is -0.137. The molecular formula is C30H35F3N6O4. The van der Waals surface area contributed by atoms with Gasteiger partial charge in [0, 0.05) is 32.7 Å². The fourth-order valence-electron chi connectivity index (χ4n) is 4.90. The number of aryl methyl sites for hydroxylation is 1. The lowest BCUT2D eigenvalue weighted by atomic mass is 10.1. The molecule has 1 amide bonds. The van der Waals surface area contributed by atoms with Gasteiger partial charge in [-0.25, -0.2) is 9.59 Å². The van der Waals surface area contributed by atoms with Crippen molar-refractivity contribution in [3.05, 3.63) is 62.3 Å². The zero-order chi connectivity index (χ0) is 31.5. The van der Waals surface area contributed by atoms with E-state index in [0.29, 0.717) is 24.6 Å². The number of carbonyl (C=O) groups excluding carboxylic acids is 1. The molecular weight excluding hydrogens is 565 g/mol. The number of halogens is 3. The number of ether oxygens (including phenoxy) is 1. The van der Waals surface area contributed by atoms with Crippen LogP contribution in [0, 0.1) is 11.8 Å². The topological polar surface area (TPSA) is 103 Å².